The van der Waals surface area contributed by atoms with Crippen molar-refractivity contribution in [3.8, 4) is 0 Å². The molecular formula is C11H14ClN3O. The minimum absolute atomic E-state index is 0.113. The molecule has 0 saturated carbocycles. The van der Waals surface area contributed by atoms with Gasteiger partial charge in [-0.05, 0) is 25.0 Å². The van der Waals surface area contributed by atoms with Crippen LogP contribution < -0.4 is 5.69 Å². The van der Waals surface area contributed by atoms with Crippen molar-refractivity contribution in [3.05, 3.63) is 27.8 Å². The number of nitrogens with zero attached hydrogens (tertiary/aromatic N) is 2. The van der Waals surface area contributed by atoms with E-state index < -0.39 is 0 Å². The summed E-state index contributed by atoms with van der Waals surface area (Å²) < 4.78 is 1.76. The van der Waals surface area contributed by atoms with Gasteiger partial charge in [0.25, 0.3) is 0 Å². The molecule has 0 aliphatic heterocycles. The van der Waals surface area contributed by atoms with E-state index in [9.17, 15) is 4.79 Å². The van der Waals surface area contributed by atoms with Crippen molar-refractivity contribution < 1.29 is 0 Å². The zero-order chi connectivity index (χ0) is 11.7. The monoisotopic (exact) mass is 239 g/mol. The van der Waals surface area contributed by atoms with Crippen molar-refractivity contribution in [2.75, 3.05) is 0 Å². The normalized spacial score (nSPS) is 11.5. The van der Waals surface area contributed by atoms with Gasteiger partial charge in [0.2, 0.25) is 0 Å². The first kappa shape index (κ1) is 11.2. The third-order valence-corrected chi connectivity index (χ3v) is 3.06. The second-order valence-electron chi connectivity index (χ2n) is 3.77. The van der Waals surface area contributed by atoms with E-state index in [1.807, 2.05) is 6.07 Å². The van der Waals surface area contributed by atoms with Crippen LogP contribution in [0.1, 0.15) is 32.7 Å². The van der Waals surface area contributed by atoms with Gasteiger partial charge in [-0.1, -0.05) is 25.4 Å². The zero-order valence-electron chi connectivity index (χ0n) is 9.33. The van der Waals surface area contributed by atoms with Crippen molar-refractivity contribution in [2.45, 2.75) is 32.7 Å². The van der Waals surface area contributed by atoms with Crippen molar-refractivity contribution in [1.82, 2.24) is 14.5 Å². The van der Waals surface area contributed by atoms with Crippen LogP contribution in [-0.4, -0.2) is 14.5 Å². The SMILES string of the molecule is CCC(CC)n1c(=O)[nH]c2nc(Cl)ccc21. The first-order chi connectivity index (χ1) is 7.67. The summed E-state index contributed by atoms with van der Waals surface area (Å²) in [7, 11) is 0. The van der Waals surface area contributed by atoms with Crippen LogP contribution in [0.15, 0.2) is 16.9 Å². The Hall–Kier alpha value is -1.29. The Kier molecular flexibility index (Phi) is 3.01. The standard InChI is InChI=1S/C11H14ClN3O/c1-3-7(4-2)15-8-5-6-9(12)13-10(8)14-11(15)16/h5-7H,3-4H2,1-2H3,(H,13,14,16). The lowest BCUT2D eigenvalue weighted by Crippen LogP contribution is -2.21. The van der Waals surface area contributed by atoms with E-state index >= 15 is 0 Å². The first-order valence-corrected chi connectivity index (χ1v) is 5.82. The number of nitrogens with one attached hydrogen (secondary N) is 1. The lowest BCUT2D eigenvalue weighted by molar-refractivity contribution is 0.471. The fourth-order valence-corrected chi connectivity index (χ4v) is 2.15. The Labute approximate surface area is 98.3 Å². The van der Waals surface area contributed by atoms with Gasteiger partial charge in [0, 0.05) is 6.04 Å². The van der Waals surface area contributed by atoms with Crippen molar-refractivity contribution in [3.63, 3.8) is 0 Å². The Morgan fingerprint density at radius 1 is 1.44 bits per heavy atom. The molecule has 2 heterocycles. The molecule has 16 heavy (non-hydrogen) atoms. The fourth-order valence-electron chi connectivity index (χ4n) is 2.00. The summed E-state index contributed by atoms with van der Waals surface area (Å²) in [6.07, 6.45) is 1.85. The van der Waals surface area contributed by atoms with E-state index in [0.29, 0.717) is 10.8 Å². The average molecular weight is 240 g/mol. The molecule has 0 radical (unpaired) electrons. The van der Waals surface area contributed by atoms with Gasteiger partial charge in [0.05, 0.1) is 5.52 Å². The Bertz CT molecular complexity index is 554. The number of hydrogen-bond acceptors (Lipinski definition) is 2. The molecule has 0 aliphatic carbocycles. The fraction of sp³-hybridized carbons (Fsp3) is 0.455. The highest BCUT2D eigenvalue weighted by Gasteiger charge is 2.14. The van der Waals surface area contributed by atoms with Gasteiger partial charge >= 0.3 is 5.69 Å². The van der Waals surface area contributed by atoms with E-state index in [0.717, 1.165) is 18.4 Å². The number of rotatable bonds is 3. The zero-order valence-corrected chi connectivity index (χ0v) is 10.1. The molecule has 2 aromatic rings. The van der Waals surface area contributed by atoms with E-state index in [4.69, 9.17) is 11.6 Å². The molecule has 0 aromatic carbocycles. The molecule has 0 aliphatic rings. The van der Waals surface area contributed by atoms with Gasteiger partial charge < -0.3 is 0 Å². The van der Waals surface area contributed by atoms with E-state index in [2.05, 4.69) is 23.8 Å². The lowest BCUT2D eigenvalue weighted by Gasteiger charge is -2.13. The Balaban J connectivity index is 2.69. The number of imidazole rings is 1. The van der Waals surface area contributed by atoms with Gasteiger partial charge in [0.1, 0.15) is 5.15 Å². The molecule has 0 spiro atoms. The topological polar surface area (TPSA) is 50.7 Å². The third-order valence-electron chi connectivity index (χ3n) is 2.85. The van der Waals surface area contributed by atoms with Crippen LogP contribution in [0.4, 0.5) is 0 Å². The van der Waals surface area contributed by atoms with Gasteiger partial charge in [-0.25, -0.2) is 9.78 Å². The number of fused-ring (bicyclic) bond motifs is 1. The van der Waals surface area contributed by atoms with Crippen LogP contribution in [0, 0.1) is 0 Å². The Morgan fingerprint density at radius 3 is 2.75 bits per heavy atom. The highest BCUT2D eigenvalue weighted by Crippen LogP contribution is 2.20. The maximum absolute atomic E-state index is 11.8. The molecule has 0 unspecified atom stereocenters. The summed E-state index contributed by atoms with van der Waals surface area (Å²) in [5.74, 6) is 0. The molecule has 86 valence electrons. The Morgan fingerprint density at radius 2 is 2.12 bits per heavy atom. The highest BCUT2D eigenvalue weighted by atomic mass is 35.5. The summed E-state index contributed by atoms with van der Waals surface area (Å²) in [5, 5.41) is 0.394. The van der Waals surface area contributed by atoms with Crippen LogP contribution in [0.5, 0.6) is 0 Å². The van der Waals surface area contributed by atoms with Gasteiger partial charge in [0.15, 0.2) is 5.65 Å². The first-order valence-electron chi connectivity index (χ1n) is 5.44. The van der Waals surface area contributed by atoms with Crippen molar-refractivity contribution in [2.24, 2.45) is 0 Å². The highest BCUT2D eigenvalue weighted by molar-refractivity contribution is 6.29. The second kappa shape index (κ2) is 4.29. The van der Waals surface area contributed by atoms with E-state index in [1.165, 1.54) is 0 Å². The van der Waals surface area contributed by atoms with Crippen LogP contribution >= 0.6 is 11.6 Å². The van der Waals surface area contributed by atoms with Crippen molar-refractivity contribution in [1.29, 1.82) is 0 Å². The van der Waals surface area contributed by atoms with Crippen LogP contribution in [-0.2, 0) is 0 Å². The summed E-state index contributed by atoms with van der Waals surface area (Å²) >= 11 is 5.79. The molecule has 0 bridgehead atoms. The predicted octanol–water partition coefficient (Wildman–Crippen LogP) is 2.74. The predicted molar refractivity (Wildman–Crippen MR) is 65.0 cm³/mol. The minimum Gasteiger partial charge on any atom is -0.290 e. The average Bonchev–Trinajstić information content (AvgIpc) is 2.57. The van der Waals surface area contributed by atoms with Gasteiger partial charge in [-0.2, -0.15) is 0 Å². The molecule has 0 saturated heterocycles. The van der Waals surface area contributed by atoms with Crippen LogP contribution in [0.3, 0.4) is 0 Å². The van der Waals surface area contributed by atoms with E-state index in [-0.39, 0.29) is 11.7 Å². The molecule has 1 N–H and O–H groups in total. The van der Waals surface area contributed by atoms with Crippen LogP contribution in [0.25, 0.3) is 11.2 Å². The smallest absolute Gasteiger partial charge is 0.290 e. The number of aromatic nitrogens is 3. The second-order valence-corrected chi connectivity index (χ2v) is 4.16. The summed E-state index contributed by atoms with van der Waals surface area (Å²) in [4.78, 5) is 18.7. The molecule has 0 amide bonds. The number of H-pyrrole nitrogens is 1. The number of hydrogen-bond donors (Lipinski definition) is 1. The molecule has 5 heteroatoms. The molecule has 0 atom stereocenters. The summed E-state index contributed by atoms with van der Waals surface area (Å²) in [5.41, 5.74) is 1.27. The number of halogens is 1. The van der Waals surface area contributed by atoms with Crippen molar-refractivity contribution >= 4 is 22.8 Å². The molecular weight excluding hydrogens is 226 g/mol. The van der Waals surface area contributed by atoms with Gasteiger partial charge in [-0.15, -0.1) is 0 Å². The molecule has 0 fully saturated rings. The number of pyridine rings is 1. The maximum Gasteiger partial charge on any atom is 0.327 e. The molecule has 2 rings (SSSR count). The molecule has 2 aromatic heterocycles. The summed E-state index contributed by atoms with van der Waals surface area (Å²) in [6, 6.07) is 3.75. The largest absolute Gasteiger partial charge is 0.327 e. The maximum atomic E-state index is 11.8. The van der Waals surface area contributed by atoms with Crippen LogP contribution in [0.2, 0.25) is 5.15 Å². The lowest BCUT2D eigenvalue weighted by atomic mass is 10.1. The van der Waals surface area contributed by atoms with Gasteiger partial charge in [-0.3, -0.25) is 9.55 Å². The third kappa shape index (κ3) is 1.73. The quantitative estimate of drug-likeness (QED) is 0.838. The van der Waals surface area contributed by atoms with E-state index in [1.54, 1.807) is 10.6 Å². The number of aromatic amines is 1. The minimum atomic E-state index is -0.113. The molecule has 4 nitrogen and oxygen atoms in total. The summed E-state index contributed by atoms with van der Waals surface area (Å²) in [6.45, 7) is 4.14.